The van der Waals surface area contributed by atoms with Crippen molar-refractivity contribution >= 4 is 28.5 Å². The third-order valence-electron chi connectivity index (χ3n) is 2.71. The summed E-state index contributed by atoms with van der Waals surface area (Å²) in [6.45, 7) is 0. The zero-order valence-electron chi connectivity index (χ0n) is 10.3. The number of hydrogen-bond acceptors (Lipinski definition) is 3. The van der Waals surface area contributed by atoms with Crippen LogP contribution in [0.15, 0.2) is 36.5 Å². The lowest BCUT2D eigenvalue weighted by atomic mass is 10.1. The maximum Gasteiger partial charge on any atom is 0.303 e. The lowest BCUT2D eigenvalue weighted by Gasteiger charge is -2.07. The van der Waals surface area contributed by atoms with E-state index in [0.29, 0.717) is 12.1 Å². The van der Waals surface area contributed by atoms with E-state index in [1.807, 2.05) is 24.3 Å². The Morgan fingerprint density at radius 2 is 2.00 bits per heavy atom. The number of pyridine rings is 1. The van der Waals surface area contributed by atoms with Gasteiger partial charge in [-0.1, -0.05) is 6.07 Å². The van der Waals surface area contributed by atoms with Crippen molar-refractivity contribution in [2.45, 2.75) is 19.3 Å². The normalized spacial score (nSPS) is 10.3. The molecule has 2 aromatic rings. The third-order valence-corrected chi connectivity index (χ3v) is 2.71. The Labute approximate surface area is 110 Å². The molecule has 5 nitrogen and oxygen atoms in total. The largest absolute Gasteiger partial charge is 0.481 e. The Morgan fingerprint density at radius 3 is 2.79 bits per heavy atom. The van der Waals surface area contributed by atoms with Crippen molar-refractivity contribution in [2.75, 3.05) is 5.32 Å². The summed E-state index contributed by atoms with van der Waals surface area (Å²) in [5.74, 6) is -1.07. The summed E-state index contributed by atoms with van der Waals surface area (Å²) in [5, 5.41) is 12.2. The van der Waals surface area contributed by atoms with E-state index in [0.717, 1.165) is 10.9 Å². The number of amides is 1. The van der Waals surface area contributed by atoms with E-state index in [2.05, 4.69) is 10.3 Å². The van der Waals surface area contributed by atoms with E-state index >= 15 is 0 Å². The molecular formula is C14H14N2O3. The van der Waals surface area contributed by atoms with Crippen LogP contribution in [-0.4, -0.2) is 22.0 Å². The number of aromatic nitrogens is 1. The highest BCUT2D eigenvalue weighted by atomic mass is 16.4. The van der Waals surface area contributed by atoms with Gasteiger partial charge in [0.15, 0.2) is 0 Å². The van der Waals surface area contributed by atoms with Crippen LogP contribution in [0.4, 0.5) is 5.69 Å². The SMILES string of the molecule is O=C(O)CCCC(=O)Nc1cccc2ncccc12. The Balaban J connectivity index is 2.05. The summed E-state index contributed by atoms with van der Waals surface area (Å²) < 4.78 is 0. The number of hydrogen-bond donors (Lipinski definition) is 2. The molecule has 5 heteroatoms. The molecular weight excluding hydrogens is 244 g/mol. The van der Waals surface area contributed by atoms with E-state index in [1.54, 1.807) is 12.3 Å². The second-order valence-electron chi connectivity index (χ2n) is 4.17. The van der Waals surface area contributed by atoms with Crippen LogP contribution in [0.1, 0.15) is 19.3 Å². The number of carboxylic acids is 1. The minimum absolute atomic E-state index is 0.00448. The molecule has 1 heterocycles. The van der Waals surface area contributed by atoms with Crippen molar-refractivity contribution in [3.8, 4) is 0 Å². The molecule has 0 aliphatic carbocycles. The minimum atomic E-state index is -0.887. The lowest BCUT2D eigenvalue weighted by Crippen LogP contribution is -2.12. The Morgan fingerprint density at radius 1 is 1.16 bits per heavy atom. The van der Waals surface area contributed by atoms with E-state index < -0.39 is 5.97 Å². The maximum absolute atomic E-state index is 11.7. The number of rotatable bonds is 5. The number of nitrogens with zero attached hydrogens (tertiary/aromatic N) is 1. The molecule has 0 aliphatic rings. The third kappa shape index (κ3) is 3.51. The van der Waals surface area contributed by atoms with Crippen molar-refractivity contribution in [1.29, 1.82) is 0 Å². The average molecular weight is 258 g/mol. The van der Waals surface area contributed by atoms with E-state index in [4.69, 9.17) is 5.11 Å². The van der Waals surface area contributed by atoms with Gasteiger partial charge in [-0.25, -0.2) is 0 Å². The number of aliphatic carboxylic acids is 1. The van der Waals surface area contributed by atoms with Gasteiger partial charge >= 0.3 is 5.97 Å². The summed E-state index contributed by atoms with van der Waals surface area (Å²) in [6, 6.07) is 9.19. The van der Waals surface area contributed by atoms with Gasteiger partial charge in [0.1, 0.15) is 0 Å². The van der Waals surface area contributed by atoms with Crippen LogP contribution >= 0.6 is 0 Å². The first-order chi connectivity index (χ1) is 9.16. The zero-order chi connectivity index (χ0) is 13.7. The second-order valence-corrected chi connectivity index (χ2v) is 4.17. The molecule has 0 spiro atoms. The van der Waals surface area contributed by atoms with Crippen LogP contribution in [0.25, 0.3) is 10.9 Å². The molecule has 98 valence electrons. The summed E-state index contributed by atoms with van der Waals surface area (Å²) in [5.41, 5.74) is 1.51. The predicted octanol–water partition coefficient (Wildman–Crippen LogP) is 2.43. The fourth-order valence-electron chi connectivity index (χ4n) is 1.83. The fourth-order valence-corrected chi connectivity index (χ4v) is 1.83. The van der Waals surface area contributed by atoms with Crippen LogP contribution in [0.3, 0.4) is 0 Å². The Hall–Kier alpha value is -2.43. The van der Waals surface area contributed by atoms with Crippen molar-refractivity contribution in [1.82, 2.24) is 4.98 Å². The van der Waals surface area contributed by atoms with Gasteiger partial charge in [-0.15, -0.1) is 0 Å². The molecule has 0 bridgehead atoms. The van der Waals surface area contributed by atoms with Crippen molar-refractivity contribution in [2.24, 2.45) is 0 Å². The maximum atomic E-state index is 11.7. The quantitative estimate of drug-likeness (QED) is 0.863. The van der Waals surface area contributed by atoms with Gasteiger partial charge in [-0.2, -0.15) is 0 Å². The van der Waals surface area contributed by atoms with Crippen LogP contribution in [0.5, 0.6) is 0 Å². The number of benzene rings is 1. The van der Waals surface area contributed by atoms with Crippen molar-refractivity contribution < 1.29 is 14.7 Å². The highest BCUT2D eigenvalue weighted by Crippen LogP contribution is 2.21. The fraction of sp³-hybridized carbons (Fsp3) is 0.214. The van der Waals surface area contributed by atoms with Gasteiger partial charge in [0.25, 0.3) is 0 Å². The van der Waals surface area contributed by atoms with E-state index in [-0.39, 0.29) is 18.7 Å². The number of anilines is 1. The summed E-state index contributed by atoms with van der Waals surface area (Å²) in [7, 11) is 0. The average Bonchev–Trinajstić information content (AvgIpc) is 2.39. The van der Waals surface area contributed by atoms with Gasteiger partial charge in [0.05, 0.1) is 11.2 Å². The first kappa shape index (κ1) is 13.0. The molecule has 0 atom stereocenters. The first-order valence-corrected chi connectivity index (χ1v) is 6.02. The molecule has 0 radical (unpaired) electrons. The standard InChI is InChI=1S/C14H14N2O3/c17-13(7-2-8-14(18)19)16-12-6-1-5-11-10(12)4-3-9-15-11/h1,3-6,9H,2,7-8H2,(H,16,17)(H,18,19). The van der Waals surface area contributed by atoms with Gasteiger partial charge in [-0.05, 0) is 30.7 Å². The van der Waals surface area contributed by atoms with Crippen LogP contribution < -0.4 is 5.32 Å². The molecule has 1 aromatic heterocycles. The summed E-state index contributed by atoms with van der Waals surface area (Å²) >= 11 is 0. The molecule has 1 amide bonds. The highest BCUT2D eigenvalue weighted by molar-refractivity contribution is 6.00. The molecule has 1 aromatic carbocycles. The number of fused-ring (bicyclic) bond motifs is 1. The molecule has 0 saturated heterocycles. The smallest absolute Gasteiger partial charge is 0.303 e. The molecule has 0 aliphatic heterocycles. The van der Waals surface area contributed by atoms with Gasteiger partial charge < -0.3 is 10.4 Å². The topological polar surface area (TPSA) is 79.3 Å². The second kappa shape index (κ2) is 5.95. The molecule has 19 heavy (non-hydrogen) atoms. The van der Waals surface area contributed by atoms with Gasteiger partial charge in [0, 0.05) is 24.4 Å². The van der Waals surface area contributed by atoms with Crippen LogP contribution in [0, 0.1) is 0 Å². The van der Waals surface area contributed by atoms with E-state index in [9.17, 15) is 9.59 Å². The summed E-state index contributed by atoms with van der Waals surface area (Å²) in [6.07, 6.45) is 2.23. The van der Waals surface area contributed by atoms with Crippen molar-refractivity contribution in [3.63, 3.8) is 0 Å². The Bertz CT molecular complexity index is 605. The predicted molar refractivity (Wildman–Crippen MR) is 71.9 cm³/mol. The highest BCUT2D eigenvalue weighted by Gasteiger charge is 2.07. The lowest BCUT2D eigenvalue weighted by molar-refractivity contribution is -0.137. The minimum Gasteiger partial charge on any atom is -0.481 e. The van der Waals surface area contributed by atoms with Crippen LogP contribution in [0.2, 0.25) is 0 Å². The first-order valence-electron chi connectivity index (χ1n) is 6.02. The molecule has 0 saturated carbocycles. The molecule has 2 N–H and O–H groups in total. The number of carbonyl (C=O) groups excluding carboxylic acids is 1. The van der Waals surface area contributed by atoms with E-state index in [1.165, 1.54) is 0 Å². The molecule has 2 rings (SSSR count). The summed E-state index contributed by atoms with van der Waals surface area (Å²) in [4.78, 5) is 26.3. The van der Waals surface area contributed by atoms with Gasteiger partial charge in [0.2, 0.25) is 5.91 Å². The Kier molecular flexibility index (Phi) is 4.07. The molecule has 0 unspecified atom stereocenters. The zero-order valence-corrected chi connectivity index (χ0v) is 10.3. The number of nitrogens with one attached hydrogen (secondary N) is 1. The van der Waals surface area contributed by atoms with Gasteiger partial charge in [-0.3, -0.25) is 14.6 Å². The van der Waals surface area contributed by atoms with Crippen LogP contribution in [-0.2, 0) is 9.59 Å². The number of carboxylic acid groups (broad SMARTS) is 1. The number of carbonyl (C=O) groups is 2. The molecule has 0 fully saturated rings. The monoisotopic (exact) mass is 258 g/mol. The van der Waals surface area contributed by atoms with Crippen molar-refractivity contribution in [3.05, 3.63) is 36.5 Å².